The van der Waals surface area contributed by atoms with Gasteiger partial charge in [-0.25, -0.2) is 9.97 Å². The van der Waals surface area contributed by atoms with Crippen LogP contribution >= 0.6 is 0 Å². The van der Waals surface area contributed by atoms with Gasteiger partial charge >= 0.3 is 0 Å². The van der Waals surface area contributed by atoms with Crippen molar-refractivity contribution in [2.75, 3.05) is 44.3 Å². The van der Waals surface area contributed by atoms with Crippen molar-refractivity contribution in [1.29, 1.82) is 0 Å². The largest absolute Gasteiger partial charge is 0.378 e. The second kappa shape index (κ2) is 8.47. The number of benzene rings is 1. The molecule has 3 aromatic rings. The summed E-state index contributed by atoms with van der Waals surface area (Å²) in [6, 6.07) is 11.4. The molecular weight excluding hydrogens is 394 g/mol. The Labute approximate surface area is 180 Å². The van der Waals surface area contributed by atoms with Crippen LogP contribution in [0.3, 0.4) is 0 Å². The number of anilines is 1. The van der Waals surface area contributed by atoms with E-state index in [0.717, 1.165) is 44.8 Å². The summed E-state index contributed by atoms with van der Waals surface area (Å²) >= 11 is 0. The van der Waals surface area contributed by atoms with Crippen LogP contribution < -0.4 is 10.5 Å². The van der Waals surface area contributed by atoms with Crippen LogP contribution in [0.5, 0.6) is 0 Å². The van der Waals surface area contributed by atoms with Gasteiger partial charge in [-0.3, -0.25) is 14.2 Å². The molecule has 0 bridgehead atoms. The third-order valence-electron chi connectivity index (χ3n) is 6.19. The van der Waals surface area contributed by atoms with E-state index in [1.54, 1.807) is 29.2 Å². The van der Waals surface area contributed by atoms with Crippen LogP contribution in [-0.4, -0.2) is 64.7 Å². The van der Waals surface area contributed by atoms with Gasteiger partial charge in [0.05, 0.1) is 18.6 Å². The summed E-state index contributed by atoms with van der Waals surface area (Å²) in [6.07, 6.45) is 4.68. The van der Waals surface area contributed by atoms with Crippen molar-refractivity contribution < 1.29 is 9.53 Å². The topological polar surface area (TPSA) is 80.6 Å². The Kier molecular flexibility index (Phi) is 5.38. The molecule has 2 fully saturated rings. The number of hydrogen-bond acceptors (Lipinski definition) is 6. The van der Waals surface area contributed by atoms with Crippen LogP contribution in [0.1, 0.15) is 29.2 Å². The van der Waals surface area contributed by atoms with E-state index in [-0.39, 0.29) is 17.5 Å². The molecule has 0 radical (unpaired) electrons. The molecule has 2 aliphatic rings. The number of piperidine rings is 1. The summed E-state index contributed by atoms with van der Waals surface area (Å²) in [6.45, 7) is 4.46. The van der Waals surface area contributed by atoms with Crippen molar-refractivity contribution in [3.63, 3.8) is 0 Å². The van der Waals surface area contributed by atoms with E-state index in [1.807, 2.05) is 29.2 Å². The number of amides is 1. The average Bonchev–Trinajstić information content (AvgIpc) is 2.85. The summed E-state index contributed by atoms with van der Waals surface area (Å²) in [5, 5.41) is 0.531. The molecule has 4 heterocycles. The first-order valence-electron chi connectivity index (χ1n) is 10.7. The fourth-order valence-electron chi connectivity index (χ4n) is 4.40. The van der Waals surface area contributed by atoms with E-state index in [0.29, 0.717) is 29.7 Å². The molecule has 8 heteroatoms. The Morgan fingerprint density at radius 3 is 2.45 bits per heavy atom. The fourth-order valence-corrected chi connectivity index (χ4v) is 4.40. The van der Waals surface area contributed by atoms with E-state index in [9.17, 15) is 9.59 Å². The van der Waals surface area contributed by atoms with E-state index in [2.05, 4.69) is 14.9 Å². The van der Waals surface area contributed by atoms with Gasteiger partial charge in [0.1, 0.15) is 6.33 Å². The molecule has 0 spiro atoms. The van der Waals surface area contributed by atoms with Crippen LogP contribution in [-0.2, 0) is 4.74 Å². The van der Waals surface area contributed by atoms with Crippen molar-refractivity contribution in [3.8, 4) is 0 Å². The lowest BCUT2D eigenvalue weighted by molar-refractivity contribution is 0.0693. The van der Waals surface area contributed by atoms with Gasteiger partial charge in [0.25, 0.3) is 11.5 Å². The van der Waals surface area contributed by atoms with Crippen molar-refractivity contribution in [1.82, 2.24) is 19.4 Å². The lowest BCUT2D eigenvalue weighted by Crippen LogP contribution is -2.41. The molecule has 0 unspecified atom stereocenters. The number of nitrogens with zero attached hydrogens (tertiary/aromatic N) is 5. The van der Waals surface area contributed by atoms with Gasteiger partial charge in [0, 0.05) is 49.7 Å². The molecule has 2 saturated heterocycles. The first-order valence-corrected chi connectivity index (χ1v) is 10.7. The number of fused-ring (bicyclic) bond motifs is 1. The first-order chi connectivity index (χ1) is 15.2. The van der Waals surface area contributed by atoms with Gasteiger partial charge in [0.2, 0.25) is 0 Å². The Morgan fingerprint density at radius 1 is 0.968 bits per heavy atom. The zero-order valence-electron chi connectivity index (χ0n) is 17.3. The van der Waals surface area contributed by atoms with Gasteiger partial charge in [-0.15, -0.1) is 0 Å². The predicted molar refractivity (Wildman–Crippen MR) is 117 cm³/mol. The van der Waals surface area contributed by atoms with Crippen molar-refractivity contribution >= 4 is 22.6 Å². The van der Waals surface area contributed by atoms with Gasteiger partial charge in [-0.2, -0.15) is 0 Å². The average molecular weight is 419 g/mol. The fraction of sp³-hybridized carbons (Fsp3) is 0.391. The molecule has 8 nitrogen and oxygen atoms in total. The lowest BCUT2D eigenvalue weighted by Gasteiger charge is -2.33. The second-order valence-electron chi connectivity index (χ2n) is 8.00. The molecule has 5 rings (SSSR count). The number of ether oxygens (including phenoxy) is 1. The molecule has 2 aromatic heterocycles. The van der Waals surface area contributed by atoms with Crippen LogP contribution in [0.15, 0.2) is 53.7 Å². The molecular formula is C23H25N5O3. The quantitative estimate of drug-likeness (QED) is 0.647. The molecule has 31 heavy (non-hydrogen) atoms. The van der Waals surface area contributed by atoms with Gasteiger partial charge < -0.3 is 14.5 Å². The maximum atomic E-state index is 13.0. The van der Waals surface area contributed by atoms with Gasteiger partial charge in [-0.05, 0) is 49.2 Å². The number of aromatic nitrogens is 3. The summed E-state index contributed by atoms with van der Waals surface area (Å²) in [5.74, 6) is 0.0418. The zero-order valence-corrected chi connectivity index (χ0v) is 17.3. The molecule has 0 saturated carbocycles. The van der Waals surface area contributed by atoms with Crippen molar-refractivity contribution in [2.45, 2.75) is 18.9 Å². The smallest absolute Gasteiger partial charge is 0.263 e. The highest BCUT2D eigenvalue weighted by atomic mass is 16.5. The number of morpholine rings is 1. The second-order valence-corrected chi connectivity index (χ2v) is 8.00. The Bertz CT molecular complexity index is 1130. The van der Waals surface area contributed by atoms with Crippen LogP contribution in [0.25, 0.3) is 11.0 Å². The number of rotatable bonds is 3. The molecule has 0 N–H and O–H groups in total. The zero-order chi connectivity index (χ0) is 21.2. The first kappa shape index (κ1) is 19.7. The number of carbonyl (C=O) groups is 1. The Hall–Kier alpha value is -3.26. The van der Waals surface area contributed by atoms with Gasteiger partial charge in [0.15, 0.2) is 5.65 Å². The normalized spacial score (nSPS) is 17.8. The number of hydrogen-bond donors (Lipinski definition) is 0. The van der Waals surface area contributed by atoms with Crippen LogP contribution in [0, 0.1) is 0 Å². The maximum absolute atomic E-state index is 13.0. The summed E-state index contributed by atoms with van der Waals surface area (Å²) in [7, 11) is 0. The monoisotopic (exact) mass is 419 g/mol. The SMILES string of the molecule is O=C(c1ccc(N2CCOCC2)cc1)N1CCC(n2cnc3ncccc3c2=O)CC1. The van der Waals surface area contributed by atoms with E-state index in [4.69, 9.17) is 4.74 Å². The molecule has 0 atom stereocenters. The minimum Gasteiger partial charge on any atom is -0.378 e. The van der Waals surface area contributed by atoms with Crippen molar-refractivity contribution in [3.05, 3.63) is 64.8 Å². The third-order valence-corrected chi connectivity index (χ3v) is 6.19. The van der Waals surface area contributed by atoms with E-state index < -0.39 is 0 Å². The Balaban J connectivity index is 1.25. The highest BCUT2D eigenvalue weighted by Crippen LogP contribution is 2.24. The molecule has 2 aliphatic heterocycles. The van der Waals surface area contributed by atoms with E-state index in [1.165, 1.54) is 0 Å². The highest BCUT2D eigenvalue weighted by Gasteiger charge is 2.26. The minimum absolute atomic E-state index is 0.0392. The highest BCUT2D eigenvalue weighted by molar-refractivity contribution is 5.94. The summed E-state index contributed by atoms with van der Waals surface area (Å²) in [4.78, 5) is 38.4. The summed E-state index contributed by atoms with van der Waals surface area (Å²) < 4.78 is 7.10. The Morgan fingerprint density at radius 2 is 1.71 bits per heavy atom. The standard InChI is InChI=1S/C23H25N5O3/c29-22(17-3-5-18(6-4-17)26-12-14-31-15-13-26)27-10-7-19(8-11-27)28-16-25-21-20(23(28)30)2-1-9-24-21/h1-6,9,16,19H,7-8,10-15H2. The molecule has 0 aliphatic carbocycles. The summed E-state index contributed by atoms with van der Waals surface area (Å²) in [5.41, 5.74) is 2.22. The molecule has 160 valence electrons. The van der Waals surface area contributed by atoms with Gasteiger partial charge in [-0.1, -0.05) is 0 Å². The maximum Gasteiger partial charge on any atom is 0.263 e. The van der Waals surface area contributed by atoms with Crippen LogP contribution in [0.2, 0.25) is 0 Å². The third kappa shape index (κ3) is 3.90. The number of pyridine rings is 1. The number of likely N-dealkylation sites (tertiary alicyclic amines) is 1. The number of carbonyl (C=O) groups excluding carboxylic acids is 1. The molecule has 1 amide bonds. The van der Waals surface area contributed by atoms with E-state index >= 15 is 0 Å². The minimum atomic E-state index is -0.0680. The van der Waals surface area contributed by atoms with Crippen molar-refractivity contribution in [2.24, 2.45) is 0 Å². The predicted octanol–water partition coefficient (Wildman–Crippen LogP) is 2.11. The van der Waals surface area contributed by atoms with Crippen LogP contribution in [0.4, 0.5) is 5.69 Å². The molecule has 1 aromatic carbocycles. The lowest BCUT2D eigenvalue weighted by atomic mass is 10.0.